The summed E-state index contributed by atoms with van der Waals surface area (Å²) < 4.78 is 11.6. The Morgan fingerprint density at radius 2 is 1.95 bits per heavy atom. The number of nitrogens with one attached hydrogen (secondary N) is 1. The van der Waals surface area contributed by atoms with Crippen molar-refractivity contribution in [3.05, 3.63) is 0 Å². The normalized spacial score (nSPS) is 25.4. The molecular weight excluding hydrogens is 346 g/mol. The second-order valence-electron chi connectivity index (χ2n) is 7.62. The van der Waals surface area contributed by atoms with Gasteiger partial charge in [0.1, 0.15) is 5.60 Å². The number of rotatable bonds is 6. The molecule has 0 aliphatic heterocycles. The van der Waals surface area contributed by atoms with Crippen LogP contribution in [0.2, 0.25) is 0 Å². The fourth-order valence-corrected chi connectivity index (χ4v) is 3.15. The van der Waals surface area contributed by atoms with E-state index in [0.717, 1.165) is 18.8 Å². The lowest BCUT2D eigenvalue weighted by molar-refractivity contribution is -0.0870. The number of amides is 1. The second-order valence-corrected chi connectivity index (χ2v) is 8.18. The number of ether oxygens (including phenoxy) is 2. The molecule has 1 saturated carbocycles. The van der Waals surface area contributed by atoms with Gasteiger partial charge in [0.15, 0.2) is 0 Å². The van der Waals surface area contributed by atoms with Gasteiger partial charge in [0.05, 0.1) is 18.2 Å². The van der Waals surface area contributed by atoms with Gasteiger partial charge < -0.3 is 14.8 Å². The van der Waals surface area contributed by atoms with Crippen molar-refractivity contribution in [3.8, 4) is 0 Å². The Hall–Kier alpha value is -0.290. The van der Waals surface area contributed by atoms with E-state index in [4.69, 9.17) is 9.47 Å². The average molecular weight is 378 g/mol. The van der Waals surface area contributed by atoms with Crippen LogP contribution in [0.4, 0.5) is 4.79 Å². The molecule has 130 valence electrons. The van der Waals surface area contributed by atoms with E-state index in [1.807, 2.05) is 27.7 Å². The topological polar surface area (TPSA) is 47.6 Å². The van der Waals surface area contributed by atoms with Crippen LogP contribution in [0.3, 0.4) is 0 Å². The number of alkyl halides is 1. The van der Waals surface area contributed by atoms with Gasteiger partial charge in [-0.25, -0.2) is 4.79 Å². The van der Waals surface area contributed by atoms with Crippen molar-refractivity contribution >= 4 is 22.0 Å². The lowest BCUT2D eigenvalue weighted by Gasteiger charge is -2.37. The third kappa shape index (κ3) is 7.32. The molecule has 0 heterocycles. The Labute approximate surface area is 143 Å². The zero-order valence-corrected chi connectivity index (χ0v) is 16.3. The molecule has 1 aliphatic rings. The van der Waals surface area contributed by atoms with Crippen LogP contribution in [0.25, 0.3) is 0 Å². The first-order valence-electron chi connectivity index (χ1n) is 8.38. The molecule has 0 aromatic rings. The van der Waals surface area contributed by atoms with Crippen LogP contribution in [-0.4, -0.2) is 35.3 Å². The van der Waals surface area contributed by atoms with Crippen molar-refractivity contribution in [3.63, 3.8) is 0 Å². The fraction of sp³-hybridized carbons (Fsp3) is 0.941. The molecule has 0 aromatic carbocycles. The Balaban J connectivity index is 2.48. The minimum absolute atomic E-state index is 0.293. The van der Waals surface area contributed by atoms with E-state index >= 15 is 0 Å². The van der Waals surface area contributed by atoms with Crippen LogP contribution in [0.5, 0.6) is 0 Å². The van der Waals surface area contributed by atoms with Crippen molar-refractivity contribution in [1.82, 2.24) is 5.32 Å². The van der Waals surface area contributed by atoms with Crippen LogP contribution in [0, 0.1) is 5.92 Å². The highest BCUT2D eigenvalue weighted by Gasteiger charge is 2.31. The van der Waals surface area contributed by atoms with Crippen LogP contribution in [-0.2, 0) is 9.47 Å². The van der Waals surface area contributed by atoms with E-state index < -0.39 is 17.3 Å². The van der Waals surface area contributed by atoms with E-state index in [2.05, 4.69) is 28.2 Å². The molecule has 5 heteroatoms. The van der Waals surface area contributed by atoms with E-state index in [9.17, 15) is 4.79 Å². The molecular formula is C17H32BrNO3. The number of hydrogen-bond acceptors (Lipinski definition) is 3. The Morgan fingerprint density at radius 3 is 2.50 bits per heavy atom. The number of carbonyl (C=O) groups excluding carboxylic acids is 1. The summed E-state index contributed by atoms with van der Waals surface area (Å²) in [5.41, 5.74) is -0.884. The first kappa shape index (κ1) is 19.8. The van der Waals surface area contributed by atoms with Gasteiger partial charge in [-0.1, -0.05) is 42.1 Å². The summed E-state index contributed by atoms with van der Waals surface area (Å²) in [4.78, 5) is 11.8. The number of alkyl carbamates (subject to hydrolysis) is 1. The molecule has 3 unspecified atom stereocenters. The minimum atomic E-state index is -0.479. The first-order valence-corrected chi connectivity index (χ1v) is 9.50. The molecule has 0 aromatic heterocycles. The maximum absolute atomic E-state index is 11.8. The Morgan fingerprint density at radius 1 is 1.27 bits per heavy atom. The van der Waals surface area contributed by atoms with Gasteiger partial charge in [0, 0.05) is 5.33 Å². The van der Waals surface area contributed by atoms with Crippen molar-refractivity contribution in [1.29, 1.82) is 0 Å². The summed E-state index contributed by atoms with van der Waals surface area (Å²) in [6.45, 7) is 10.3. The molecule has 1 amide bonds. The summed E-state index contributed by atoms with van der Waals surface area (Å²) >= 11 is 3.53. The van der Waals surface area contributed by atoms with Crippen molar-refractivity contribution in [2.45, 2.75) is 84.0 Å². The van der Waals surface area contributed by atoms with Crippen LogP contribution in [0.1, 0.15) is 66.7 Å². The average Bonchev–Trinajstić information content (AvgIpc) is 2.44. The minimum Gasteiger partial charge on any atom is -0.444 e. The largest absolute Gasteiger partial charge is 0.444 e. The van der Waals surface area contributed by atoms with Crippen molar-refractivity contribution < 1.29 is 14.3 Å². The molecule has 22 heavy (non-hydrogen) atoms. The highest BCUT2D eigenvalue weighted by Crippen LogP contribution is 2.31. The summed E-state index contributed by atoms with van der Waals surface area (Å²) in [6, 6.07) is 0. The van der Waals surface area contributed by atoms with Gasteiger partial charge in [0.25, 0.3) is 0 Å². The van der Waals surface area contributed by atoms with Gasteiger partial charge in [-0.05, 0) is 46.5 Å². The Kier molecular flexibility index (Phi) is 7.66. The maximum atomic E-state index is 11.8. The molecule has 1 N–H and O–H groups in total. The number of carbonyl (C=O) groups is 1. The summed E-state index contributed by atoms with van der Waals surface area (Å²) in [6.07, 6.45) is 5.93. The molecule has 1 rings (SSSR count). The van der Waals surface area contributed by atoms with Crippen molar-refractivity contribution in [2.24, 2.45) is 5.92 Å². The highest BCUT2D eigenvalue weighted by molar-refractivity contribution is 9.09. The molecule has 4 nitrogen and oxygen atoms in total. The summed E-state index contributed by atoms with van der Waals surface area (Å²) in [5, 5.41) is 3.51. The van der Waals surface area contributed by atoms with Gasteiger partial charge in [0.2, 0.25) is 0 Å². The number of halogens is 1. The fourth-order valence-electron chi connectivity index (χ4n) is 2.82. The molecule has 1 aliphatic carbocycles. The van der Waals surface area contributed by atoms with E-state index in [0.29, 0.717) is 18.0 Å². The van der Waals surface area contributed by atoms with E-state index in [-0.39, 0.29) is 0 Å². The second kappa shape index (κ2) is 8.53. The molecule has 0 bridgehead atoms. The molecule has 1 fully saturated rings. The van der Waals surface area contributed by atoms with Crippen LogP contribution in [0.15, 0.2) is 0 Å². The monoisotopic (exact) mass is 377 g/mol. The summed E-state index contributed by atoms with van der Waals surface area (Å²) in [5.74, 6) is 0.775. The predicted octanol–water partition coefficient (Wildman–Crippen LogP) is 4.65. The third-order valence-electron chi connectivity index (χ3n) is 4.05. The third-order valence-corrected chi connectivity index (χ3v) is 5.24. The van der Waals surface area contributed by atoms with Crippen LogP contribution < -0.4 is 5.32 Å². The zero-order valence-electron chi connectivity index (χ0n) is 14.7. The summed E-state index contributed by atoms with van der Waals surface area (Å²) in [7, 11) is 0. The molecule has 3 atom stereocenters. The first-order chi connectivity index (χ1) is 10.2. The quantitative estimate of drug-likeness (QED) is 0.685. The van der Waals surface area contributed by atoms with Crippen LogP contribution >= 0.6 is 15.9 Å². The molecule has 0 spiro atoms. The predicted molar refractivity (Wildman–Crippen MR) is 93.6 cm³/mol. The van der Waals surface area contributed by atoms with Gasteiger partial charge in [-0.2, -0.15) is 0 Å². The highest BCUT2D eigenvalue weighted by atomic mass is 79.9. The lowest BCUT2D eigenvalue weighted by Crippen LogP contribution is -2.48. The van der Waals surface area contributed by atoms with Gasteiger partial charge >= 0.3 is 6.09 Å². The van der Waals surface area contributed by atoms with Gasteiger partial charge in [-0.15, -0.1) is 0 Å². The van der Waals surface area contributed by atoms with Crippen molar-refractivity contribution in [2.75, 3.05) is 11.9 Å². The standard InChI is InChI=1S/C17H32BrNO3/c1-6-13-8-7-9-14(10-13)21-17(5,11-18)12-19-15(20)22-16(2,3)4/h13-14H,6-12H2,1-5H3,(H,19,20). The van der Waals surface area contributed by atoms with E-state index in [1.165, 1.54) is 19.3 Å². The smallest absolute Gasteiger partial charge is 0.407 e. The molecule has 0 saturated heterocycles. The zero-order chi connectivity index (χ0) is 16.8. The Bertz CT molecular complexity index is 356. The SMILES string of the molecule is CCC1CCCC(OC(C)(CBr)CNC(=O)OC(C)(C)C)C1. The van der Waals surface area contributed by atoms with E-state index in [1.54, 1.807) is 0 Å². The maximum Gasteiger partial charge on any atom is 0.407 e. The van der Waals surface area contributed by atoms with Gasteiger partial charge in [-0.3, -0.25) is 0 Å². The molecule has 0 radical (unpaired) electrons. The number of hydrogen-bond donors (Lipinski definition) is 1. The lowest BCUT2D eigenvalue weighted by atomic mass is 9.85.